The molecule has 0 aliphatic carbocycles. The molecule has 6 nitrogen and oxygen atoms in total. The SMILES string of the molecule is c1cncc(CN(CCCCN(Cc2cccnc2)Cc2cccnc2)Cc2cccnc2)c1. The van der Waals surface area contributed by atoms with Gasteiger partial charge in [0.1, 0.15) is 0 Å². The van der Waals surface area contributed by atoms with Crippen molar-refractivity contribution >= 4 is 0 Å². The molecular weight excluding hydrogens is 420 g/mol. The lowest BCUT2D eigenvalue weighted by Crippen LogP contribution is -2.27. The van der Waals surface area contributed by atoms with Crippen LogP contribution in [0.25, 0.3) is 0 Å². The van der Waals surface area contributed by atoms with Gasteiger partial charge < -0.3 is 0 Å². The van der Waals surface area contributed by atoms with Crippen LogP contribution in [0.5, 0.6) is 0 Å². The zero-order valence-corrected chi connectivity index (χ0v) is 19.6. The molecule has 4 rings (SSSR count). The molecule has 4 heterocycles. The number of hydrogen-bond acceptors (Lipinski definition) is 6. The van der Waals surface area contributed by atoms with Crippen LogP contribution >= 0.6 is 0 Å². The Hall–Kier alpha value is -3.48. The van der Waals surface area contributed by atoms with Crippen molar-refractivity contribution < 1.29 is 0 Å². The Balaban J connectivity index is 1.34. The first-order valence-electron chi connectivity index (χ1n) is 11.9. The van der Waals surface area contributed by atoms with Crippen LogP contribution in [0.3, 0.4) is 0 Å². The lowest BCUT2D eigenvalue weighted by Gasteiger charge is -2.25. The average Bonchev–Trinajstić information content (AvgIpc) is 2.89. The minimum atomic E-state index is 0.887. The van der Waals surface area contributed by atoms with E-state index in [1.165, 1.54) is 22.3 Å². The van der Waals surface area contributed by atoms with Gasteiger partial charge in [0, 0.05) is 75.8 Å². The van der Waals surface area contributed by atoms with Gasteiger partial charge in [0.25, 0.3) is 0 Å². The summed E-state index contributed by atoms with van der Waals surface area (Å²) in [4.78, 5) is 22.1. The minimum absolute atomic E-state index is 0.887. The summed E-state index contributed by atoms with van der Waals surface area (Å²) in [6.07, 6.45) is 17.4. The van der Waals surface area contributed by atoms with Gasteiger partial charge in [0.2, 0.25) is 0 Å². The summed E-state index contributed by atoms with van der Waals surface area (Å²) in [6, 6.07) is 16.6. The standard InChI is InChI=1S/C28H32N6/c1(15-33(21-25-7-3-11-29-17-25)22-26-8-4-12-30-18-26)2-16-34(23-27-9-5-13-31-19-27)24-28-10-6-14-32-20-28/h3-14,17-20H,1-2,15-16,21-24H2. The molecule has 34 heavy (non-hydrogen) atoms. The highest BCUT2D eigenvalue weighted by molar-refractivity contribution is 5.12. The first-order chi connectivity index (χ1) is 16.8. The van der Waals surface area contributed by atoms with Crippen molar-refractivity contribution in [3.05, 3.63) is 120 Å². The Bertz CT molecular complexity index is 889. The van der Waals surface area contributed by atoms with Gasteiger partial charge in [-0.3, -0.25) is 29.7 Å². The number of rotatable bonds is 13. The largest absolute Gasteiger partial charge is 0.295 e. The van der Waals surface area contributed by atoms with Crippen molar-refractivity contribution in [1.29, 1.82) is 0 Å². The lowest BCUT2D eigenvalue weighted by molar-refractivity contribution is 0.222. The highest BCUT2D eigenvalue weighted by atomic mass is 15.1. The second kappa shape index (κ2) is 13.3. The van der Waals surface area contributed by atoms with Gasteiger partial charge in [-0.2, -0.15) is 0 Å². The number of aromatic nitrogens is 4. The highest BCUT2D eigenvalue weighted by Gasteiger charge is 2.11. The van der Waals surface area contributed by atoms with E-state index in [-0.39, 0.29) is 0 Å². The summed E-state index contributed by atoms with van der Waals surface area (Å²) in [7, 11) is 0. The predicted molar refractivity (Wildman–Crippen MR) is 134 cm³/mol. The van der Waals surface area contributed by atoms with Crippen LogP contribution < -0.4 is 0 Å². The fourth-order valence-electron chi connectivity index (χ4n) is 4.10. The molecule has 4 aromatic heterocycles. The van der Waals surface area contributed by atoms with Gasteiger partial charge in [-0.05, 0) is 72.5 Å². The molecule has 0 aliphatic rings. The van der Waals surface area contributed by atoms with Gasteiger partial charge in [0.15, 0.2) is 0 Å². The molecule has 0 aromatic carbocycles. The summed E-state index contributed by atoms with van der Waals surface area (Å²) in [5.74, 6) is 0. The Morgan fingerprint density at radius 3 is 0.971 bits per heavy atom. The molecule has 0 aliphatic heterocycles. The number of hydrogen-bond donors (Lipinski definition) is 0. The summed E-state index contributed by atoms with van der Waals surface area (Å²) < 4.78 is 0. The molecule has 0 saturated heterocycles. The van der Waals surface area contributed by atoms with E-state index in [9.17, 15) is 0 Å². The van der Waals surface area contributed by atoms with Crippen molar-refractivity contribution in [2.45, 2.75) is 39.0 Å². The normalized spacial score (nSPS) is 11.2. The maximum Gasteiger partial charge on any atom is 0.0312 e. The van der Waals surface area contributed by atoms with Crippen molar-refractivity contribution in [2.75, 3.05) is 13.1 Å². The van der Waals surface area contributed by atoms with Crippen molar-refractivity contribution in [3.63, 3.8) is 0 Å². The molecule has 0 fully saturated rings. The summed E-state index contributed by atoms with van der Waals surface area (Å²) in [5.41, 5.74) is 4.95. The molecule has 4 aromatic rings. The number of unbranched alkanes of at least 4 members (excludes halogenated alkanes) is 1. The lowest BCUT2D eigenvalue weighted by atomic mass is 10.2. The summed E-state index contributed by atoms with van der Waals surface area (Å²) in [5, 5.41) is 0. The van der Waals surface area contributed by atoms with Gasteiger partial charge in [-0.15, -0.1) is 0 Å². The molecule has 0 bridgehead atoms. The van der Waals surface area contributed by atoms with Crippen LogP contribution in [-0.2, 0) is 26.2 Å². The molecule has 0 unspecified atom stereocenters. The molecule has 0 amide bonds. The van der Waals surface area contributed by atoms with E-state index in [0.29, 0.717) is 0 Å². The first kappa shape index (κ1) is 23.7. The van der Waals surface area contributed by atoms with E-state index in [4.69, 9.17) is 0 Å². The zero-order chi connectivity index (χ0) is 23.3. The van der Waals surface area contributed by atoms with E-state index in [2.05, 4.69) is 54.0 Å². The van der Waals surface area contributed by atoms with Crippen LogP contribution in [0.2, 0.25) is 0 Å². The third kappa shape index (κ3) is 8.14. The van der Waals surface area contributed by atoms with E-state index < -0.39 is 0 Å². The molecule has 174 valence electrons. The molecule has 0 saturated carbocycles. The second-order valence-electron chi connectivity index (χ2n) is 8.57. The van der Waals surface area contributed by atoms with Crippen LogP contribution in [0, 0.1) is 0 Å². The fraction of sp³-hybridized carbons (Fsp3) is 0.286. The quantitative estimate of drug-likeness (QED) is 0.273. The van der Waals surface area contributed by atoms with E-state index in [0.717, 1.165) is 52.1 Å². The van der Waals surface area contributed by atoms with Crippen molar-refractivity contribution in [1.82, 2.24) is 29.7 Å². The third-order valence-electron chi connectivity index (χ3n) is 5.71. The first-order valence-corrected chi connectivity index (χ1v) is 11.9. The molecule has 0 atom stereocenters. The van der Waals surface area contributed by atoms with Crippen LogP contribution in [0.1, 0.15) is 35.1 Å². The van der Waals surface area contributed by atoms with Crippen molar-refractivity contribution in [2.24, 2.45) is 0 Å². The van der Waals surface area contributed by atoms with Gasteiger partial charge in [-0.25, -0.2) is 0 Å². The van der Waals surface area contributed by atoms with Crippen LogP contribution in [0.15, 0.2) is 98.1 Å². The van der Waals surface area contributed by atoms with Gasteiger partial charge in [-0.1, -0.05) is 24.3 Å². The molecule has 6 heteroatoms. The highest BCUT2D eigenvalue weighted by Crippen LogP contribution is 2.13. The fourth-order valence-corrected chi connectivity index (χ4v) is 4.10. The molecule has 0 spiro atoms. The topological polar surface area (TPSA) is 58.0 Å². The number of nitrogens with zero attached hydrogens (tertiary/aromatic N) is 6. The molecule has 0 radical (unpaired) electrons. The summed E-state index contributed by atoms with van der Waals surface area (Å²) in [6.45, 7) is 5.60. The molecule has 0 N–H and O–H groups in total. The molecular formula is C28H32N6. The smallest absolute Gasteiger partial charge is 0.0312 e. The predicted octanol–water partition coefficient (Wildman–Crippen LogP) is 4.75. The second-order valence-corrected chi connectivity index (χ2v) is 8.57. The van der Waals surface area contributed by atoms with E-state index >= 15 is 0 Å². The monoisotopic (exact) mass is 452 g/mol. The Kier molecular flexibility index (Phi) is 9.25. The maximum atomic E-state index is 4.29. The minimum Gasteiger partial charge on any atom is -0.295 e. The number of pyridine rings is 4. The Morgan fingerprint density at radius 1 is 0.441 bits per heavy atom. The van der Waals surface area contributed by atoms with Gasteiger partial charge >= 0.3 is 0 Å². The van der Waals surface area contributed by atoms with Crippen molar-refractivity contribution in [3.8, 4) is 0 Å². The summed E-state index contributed by atoms with van der Waals surface area (Å²) >= 11 is 0. The van der Waals surface area contributed by atoms with Gasteiger partial charge in [0.05, 0.1) is 0 Å². The Morgan fingerprint density at radius 2 is 0.735 bits per heavy atom. The Labute approximate surface area is 202 Å². The maximum absolute atomic E-state index is 4.29. The van der Waals surface area contributed by atoms with Crippen LogP contribution in [0.4, 0.5) is 0 Å². The van der Waals surface area contributed by atoms with E-state index in [1.54, 1.807) is 0 Å². The zero-order valence-electron chi connectivity index (χ0n) is 19.6. The average molecular weight is 453 g/mol. The third-order valence-corrected chi connectivity index (χ3v) is 5.71. The van der Waals surface area contributed by atoms with E-state index in [1.807, 2.05) is 73.8 Å². The van der Waals surface area contributed by atoms with Crippen LogP contribution in [-0.4, -0.2) is 42.8 Å².